The summed E-state index contributed by atoms with van der Waals surface area (Å²) in [7, 11) is 0. The molecule has 1 amide bonds. The van der Waals surface area contributed by atoms with Gasteiger partial charge in [-0.2, -0.15) is 0 Å². The van der Waals surface area contributed by atoms with E-state index in [-0.39, 0.29) is 18.2 Å². The Hall–Kier alpha value is -1.66. The smallest absolute Gasteiger partial charge is 0.293 e. The third-order valence-electron chi connectivity index (χ3n) is 2.07. The highest BCUT2D eigenvalue weighted by Crippen LogP contribution is 2.21. The number of para-hydroxylation sites is 1. The zero-order chi connectivity index (χ0) is 12.3. The van der Waals surface area contributed by atoms with Crippen molar-refractivity contribution in [2.75, 3.05) is 5.32 Å². The highest BCUT2D eigenvalue weighted by Gasteiger charge is 2.12. The molecule has 5 nitrogen and oxygen atoms in total. The summed E-state index contributed by atoms with van der Waals surface area (Å²) >= 11 is 3.34. The number of nitrogens with zero attached hydrogens (tertiary/aromatic N) is 1. The lowest BCUT2D eigenvalue weighted by Gasteiger charge is -2.04. The van der Waals surface area contributed by atoms with Gasteiger partial charge in [0.05, 0.1) is 18.4 Å². The minimum absolute atomic E-state index is 0.140. The topological polar surface area (TPSA) is 81.1 Å². The van der Waals surface area contributed by atoms with Crippen LogP contribution in [0, 0.1) is 0 Å². The Balaban J connectivity index is 2.14. The number of rotatable bonds is 3. The Kier molecular flexibility index (Phi) is 3.55. The van der Waals surface area contributed by atoms with Gasteiger partial charge in [-0.15, -0.1) is 0 Å². The molecule has 88 valence electrons. The Morgan fingerprint density at radius 3 is 2.88 bits per heavy atom. The van der Waals surface area contributed by atoms with Crippen LogP contribution in [0.4, 0.5) is 5.69 Å². The number of anilines is 1. The molecule has 3 N–H and O–H groups in total. The monoisotopic (exact) mass is 295 g/mol. The van der Waals surface area contributed by atoms with Gasteiger partial charge in [-0.25, -0.2) is 4.98 Å². The first-order valence-corrected chi connectivity index (χ1v) is 5.70. The first-order valence-electron chi connectivity index (χ1n) is 4.91. The van der Waals surface area contributed by atoms with Crippen molar-refractivity contribution in [1.29, 1.82) is 0 Å². The molecular formula is C11H10BrN3O2. The molecule has 0 atom stereocenters. The quantitative estimate of drug-likeness (QED) is 0.909. The Morgan fingerprint density at radius 1 is 1.47 bits per heavy atom. The van der Waals surface area contributed by atoms with Crippen molar-refractivity contribution >= 4 is 27.5 Å². The molecule has 0 radical (unpaired) electrons. The lowest BCUT2D eigenvalue weighted by atomic mass is 10.3. The standard InChI is InChI=1S/C11H10BrN3O2/c12-7-3-1-2-4-8(7)15-11(16)9-6-14-10(5-13)17-9/h1-4,6H,5,13H2,(H,15,16). The molecule has 2 aromatic rings. The summed E-state index contributed by atoms with van der Waals surface area (Å²) in [5.41, 5.74) is 6.01. The molecule has 0 unspecified atom stereocenters. The van der Waals surface area contributed by atoms with E-state index in [2.05, 4.69) is 26.2 Å². The number of halogens is 1. The normalized spacial score (nSPS) is 10.2. The molecule has 6 heteroatoms. The van der Waals surface area contributed by atoms with Crippen molar-refractivity contribution in [2.45, 2.75) is 6.54 Å². The average molecular weight is 296 g/mol. The van der Waals surface area contributed by atoms with Gasteiger partial charge >= 0.3 is 0 Å². The number of amides is 1. The first kappa shape index (κ1) is 11.8. The van der Waals surface area contributed by atoms with Gasteiger partial charge in [0, 0.05) is 4.47 Å². The number of hydrogen-bond donors (Lipinski definition) is 2. The average Bonchev–Trinajstić information content (AvgIpc) is 2.81. The highest BCUT2D eigenvalue weighted by molar-refractivity contribution is 9.10. The van der Waals surface area contributed by atoms with Crippen LogP contribution in [0.15, 0.2) is 39.4 Å². The van der Waals surface area contributed by atoms with Crippen molar-refractivity contribution in [3.05, 3.63) is 46.6 Å². The summed E-state index contributed by atoms with van der Waals surface area (Å²) in [6.07, 6.45) is 1.36. The van der Waals surface area contributed by atoms with Crippen molar-refractivity contribution < 1.29 is 9.21 Å². The van der Waals surface area contributed by atoms with Crippen LogP contribution < -0.4 is 11.1 Å². The Morgan fingerprint density at radius 2 is 2.24 bits per heavy atom. The first-order chi connectivity index (χ1) is 8.20. The van der Waals surface area contributed by atoms with Crippen LogP contribution in [0.2, 0.25) is 0 Å². The number of carbonyl (C=O) groups is 1. The van der Waals surface area contributed by atoms with E-state index in [9.17, 15) is 4.79 Å². The maximum Gasteiger partial charge on any atom is 0.293 e. The van der Waals surface area contributed by atoms with E-state index in [4.69, 9.17) is 10.2 Å². The summed E-state index contributed by atoms with van der Waals surface area (Å²) in [5, 5.41) is 2.70. The molecule has 2 rings (SSSR count). The number of hydrogen-bond acceptors (Lipinski definition) is 4. The van der Waals surface area contributed by atoms with Crippen LogP contribution in [0.25, 0.3) is 0 Å². The maximum atomic E-state index is 11.8. The predicted octanol–water partition coefficient (Wildman–Crippen LogP) is 2.15. The molecule has 0 fully saturated rings. The SMILES string of the molecule is NCc1ncc(C(=O)Nc2ccccc2Br)o1. The molecule has 1 aromatic carbocycles. The van der Waals surface area contributed by atoms with E-state index in [1.807, 2.05) is 18.2 Å². The highest BCUT2D eigenvalue weighted by atomic mass is 79.9. The van der Waals surface area contributed by atoms with Gasteiger partial charge in [0.1, 0.15) is 0 Å². The van der Waals surface area contributed by atoms with Crippen molar-refractivity contribution in [1.82, 2.24) is 4.98 Å². The summed E-state index contributed by atoms with van der Waals surface area (Å²) in [6.45, 7) is 0.169. The molecule has 0 aliphatic heterocycles. The van der Waals surface area contributed by atoms with Crippen LogP contribution >= 0.6 is 15.9 Å². The van der Waals surface area contributed by atoms with Crippen molar-refractivity contribution in [2.24, 2.45) is 5.73 Å². The van der Waals surface area contributed by atoms with E-state index in [1.165, 1.54) is 6.20 Å². The van der Waals surface area contributed by atoms with Gasteiger partial charge in [-0.1, -0.05) is 12.1 Å². The molecule has 0 aliphatic carbocycles. The second kappa shape index (κ2) is 5.11. The number of nitrogens with two attached hydrogens (primary N) is 1. The van der Waals surface area contributed by atoms with Crippen LogP contribution in [-0.2, 0) is 6.54 Å². The number of carbonyl (C=O) groups excluding carboxylic acids is 1. The fraction of sp³-hybridized carbons (Fsp3) is 0.0909. The summed E-state index contributed by atoms with van der Waals surface area (Å²) in [4.78, 5) is 15.6. The summed E-state index contributed by atoms with van der Waals surface area (Å²) in [6, 6.07) is 7.30. The second-order valence-electron chi connectivity index (χ2n) is 3.26. The summed E-state index contributed by atoms with van der Waals surface area (Å²) in [5.74, 6) is 0.118. The number of aromatic nitrogens is 1. The van der Waals surface area contributed by atoms with Gasteiger partial charge in [0.15, 0.2) is 0 Å². The van der Waals surface area contributed by atoms with Crippen LogP contribution in [-0.4, -0.2) is 10.9 Å². The lowest BCUT2D eigenvalue weighted by molar-refractivity contribution is 0.0995. The van der Waals surface area contributed by atoms with E-state index < -0.39 is 0 Å². The molecule has 0 aliphatic rings. The van der Waals surface area contributed by atoms with Crippen molar-refractivity contribution in [3.63, 3.8) is 0 Å². The molecule has 1 aromatic heterocycles. The largest absolute Gasteiger partial charge is 0.434 e. The van der Waals surface area contributed by atoms with E-state index in [1.54, 1.807) is 6.07 Å². The van der Waals surface area contributed by atoms with E-state index in [0.717, 1.165) is 4.47 Å². The Labute approximate surface area is 106 Å². The third kappa shape index (κ3) is 2.72. The van der Waals surface area contributed by atoms with Gasteiger partial charge in [0.25, 0.3) is 5.91 Å². The minimum atomic E-state index is -0.357. The molecule has 17 heavy (non-hydrogen) atoms. The second-order valence-corrected chi connectivity index (χ2v) is 4.11. The maximum absolute atomic E-state index is 11.8. The molecular weight excluding hydrogens is 286 g/mol. The minimum Gasteiger partial charge on any atom is -0.434 e. The summed E-state index contributed by atoms with van der Waals surface area (Å²) < 4.78 is 5.94. The molecule has 0 spiro atoms. The van der Waals surface area contributed by atoms with E-state index >= 15 is 0 Å². The zero-order valence-electron chi connectivity index (χ0n) is 8.81. The number of nitrogens with one attached hydrogen (secondary N) is 1. The fourth-order valence-electron chi connectivity index (χ4n) is 1.26. The van der Waals surface area contributed by atoms with Crippen LogP contribution in [0.1, 0.15) is 16.4 Å². The van der Waals surface area contributed by atoms with Crippen molar-refractivity contribution in [3.8, 4) is 0 Å². The molecule has 0 saturated carbocycles. The van der Waals surface area contributed by atoms with E-state index in [0.29, 0.717) is 11.6 Å². The molecule has 0 saturated heterocycles. The number of oxazole rings is 1. The van der Waals surface area contributed by atoms with Gasteiger partial charge in [-0.3, -0.25) is 4.79 Å². The fourth-order valence-corrected chi connectivity index (χ4v) is 1.64. The van der Waals surface area contributed by atoms with Gasteiger partial charge < -0.3 is 15.5 Å². The lowest BCUT2D eigenvalue weighted by Crippen LogP contribution is -2.11. The van der Waals surface area contributed by atoms with Gasteiger partial charge in [-0.05, 0) is 28.1 Å². The number of benzene rings is 1. The zero-order valence-corrected chi connectivity index (χ0v) is 10.4. The molecule has 0 bridgehead atoms. The Bertz CT molecular complexity index is 539. The third-order valence-corrected chi connectivity index (χ3v) is 2.77. The van der Waals surface area contributed by atoms with Crippen LogP contribution in [0.3, 0.4) is 0 Å². The van der Waals surface area contributed by atoms with Gasteiger partial charge in [0.2, 0.25) is 11.7 Å². The van der Waals surface area contributed by atoms with Crippen LogP contribution in [0.5, 0.6) is 0 Å². The molecule has 1 heterocycles. The predicted molar refractivity (Wildman–Crippen MR) is 66.5 cm³/mol.